The molecule has 0 radical (unpaired) electrons. The van der Waals surface area contributed by atoms with Gasteiger partial charge in [0.25, 0.3) is 5.91 Å². The normalized spacial score (nSPS) is 34.9. The van der Waals surface area contributed by atoms with Crippen molar-refractivity contribution in [3.63, 3.8) is 0 Å². The highest BCUT2D eigenvalue weighted by Crippen LogP contribution is 2.26. The van der Waals surface area contributed by atoms with Crippen molar-refractivity contribution >= 4 is 18.3 Å². The molecule has 2 rings (SSSR count). The van der Waals surface area contributed by atoms with Crippen LogP contribution in [0, 0.1) is 5.92 Å². The van der Waals surface area contributed by atoms with Gasteiger partial charge in [-0.05, 0) is 18.8 Å². The molecular weight excluding hydrogens is 216 g/mol. The molecule has 0 aromatic heterocycles. The maximum Gasteiger partial charge on any atom is 0.250 e. The molecular formula is C10H19ClN2O2. The van der Waals surface area contributed by atoms with Crippen LogP contribution in [0.1, 0.15) is 19.8 Å². The summed E-state index contributed by atoms with van der Waals surface area (Å²) in [7, 11) is 0. The molecule has 1 saturated heterocycles. The van der Waals surface area contributed by atoms with Gasteiger partial charge in [0.15, 0.2) is 0 Å². The molecule has 1 aliphatic heterocycles. The Kier molecular flexibility index (Phi) is 4.83. The van der Waals surface area contributed by atoms with Crippen LogP contribution in [0.4, 0.5) is 0 Å². The smallest absolute Gasteiger partial charge is 0.250 e. The summed E-state index contributed by atoms with van der Waals surface area (Å²) in [5.74, 6) is 0.819. The number of halogens is 1. The number of amides is 1. The summed E-state index contributed by atoms with van der Waals surface area (Å²) in [6.45, 7) is 4.35. The first kappa shape index (κ1) is 12.7. The summed E-state index contributed by atoms with van der Waals surface area (Å²) < 4.78 is 5.36. The zero-order chi connectivity index (χ0) is 9.97. The third kappa shape index (κ3) is 3.33. The first-order valence-corrected chi connectivity index (χ1v) is 5.38. The number of hydrogen-bond acceptors (Lipinski definition) is 3. The molecule has 1 heterocycles. The maximum absolute atomic E-state index is 11.6. The molecule has 1 saturated carbocycles. The number of carbonyl (C=O) groups is 1. The second-order valence-electron chi connectivity index (χ2n) is 4.35. The second kappa shape index (κ2) is 5.68. The molecule has 15 heavy (non-hydrogen) atoms. The number of rotatable bonds is 2. The summed E-state index contributed by atoms with van der Waals surface area (Å²) >= 11 is 0. The average Bonchev–Trinajstić information content (AvgIpc) is 2.17. The molecule has 2 aliphatic rings. The lowest BCUT2D eigenvalue weighted by atomic mass is 9.82. The standard InChI is InChI=1S/C10H18N2O2.ClH/c1-7-4-8(5-7)12-10(13)9-6-11-2-3-14-9;/h7-9,11H,2-6H2,1H3,(H,12,13);1H/t7?,8?,9-;/m1./s1. The van der Waals surface area contributed by atoms with Crippen LogP contribution < -0.4 is 10.6 Å². The van der Waals surface area contributed by atoms with Crippen LogP contribution >= 0.6 is 12.4 Å². The summed E-state index contributed by atoms with van der Waals surface area (Å²) in [5.41, 5.74) is 0. The molecule has 5 heteroatoms. The fourth-order valence-electron chi connectivity index (χ4n) is 2.05. The van der Waals surface area contributed by atoms with Gasteiger partial charge in [0.2, 0.25) is 0 Å². The Hall–Kier alpha value is -0.320. The second-order valence-corrected chi connectivity index (χ2v) is 4.35. The first-order chi connectivity index (χ1) is 6.75. The van der Waals surface area contributed by atoms with Crippen molar-refractivity contribution in [2.45, 2.75) is 31.9 Å². The first-order valence-electron chi connectivity index (χ1n) is 5.38. The van der Waals surface area contributed by atoms with Crippen molar-refractivity contribution in [1.82, 2.24) is 10.6 Å². The molecule has 0 aromatic carbocycles. The third-order valence-electron chi connectivity index (χ3n) is 2.94. The number of nitrogens with one attached hydrogen (secondary N) is 2. The van der Waals surface area contributed by atoms with Crippen molar-refractivity contribution in [3.8, 4) is 0 Å². The zero-order valence-corrected chi connectivity index (χ0v) is 9.81. The van der Waals surface area contributed by atoms with E-state index < -0.39 is 0 Å². The van der Waals surface area contributed by atoms with Gasteiger partial charge >= 0.3 is 0 Å². The largest absolute Gasteiger partial charge is 0.366 e. The van der Waals surface area contributed by atoms with E-state index in [-0.39, 0.29) is 24.4 Å². The van der Waals surface area contributed by atoms with E-state index in [0.29, 0.717) is 19.2 Å². The topological polar surface area (TPSA) is 50.4 Å². The highest BCUT2D eigenvalue weighted by Gasteiger charge is 2.30. The van der Waals surface area contributed by atoms with Gasteiger partial charge in [-0.15, -0.1) is 12.4 Å². The van der Waals surface area contributed by atoms with Crippen LogP contribution in [0.3, 0.4) is 0 Å². The Morgan fingerprint density at radius 1 is 1.47 bits per heavy atom. The summed E-state index contributed by atoms with van der Waals surface area (Å²) in [4.78, 5) is 11.6. The molecule has 88 valence electrons. The van der Waals surface area contributed by atoms with Crippen LogP contribution in [-0.4, -0.2) is 37.7 Å². The SMILES string of the molecule is CC1CC(NC(=O)[C@H]2CNCCO2)C1.Cl. The van der Waals surface area contributed by atoms with Crippen LogP contribution in [0.5, 0.6) is 0 Å². The van der Waals surface area contributed by atoms with E-state index in [1.807, 2.05) is 0 Å². The van der Waals surface area contributed by atoms with Gasteiger partial charge in [0.05, 0.1) is 6.61 Å². The van der Waals surface area contributed by atoms with E-state index in [9.17, 15) is 4.79 Å². The number of morpholine rings is 1. The predicted octanol–water partition coefficient (Wildman–Crippen LogP) is 0.311. The van der Waals surface area contributed by atoms with Crippen molar-refractivity contribution in [2.75, 3.05) is 19.7 Å². The van der Waals surface area contributed by atoms with Crippen LogP contribution in [-0.2, 0) is 9.53 Å². The molecule has 4 nitrogen and oxygen atoms in total. The van der Waals surface area contributed by atoms with Gasteiger partial charge in [-0.2, -0.15) is 0 Å². The van der Waals surface area contributed by atoms with Gasteiger partial charge in [-0.25, -0.2) is 0 Å². The van der Waals surface area contributed by atoms with Gasteiger partial charge in [0.1, 0.15) is 6.10 Å². The van der Waals surface area contributed by atoms with E-state index in [1.54, 1.807) is 0 Å². The Morgan fingerprint density at radius 3 is 2.73 bits per heavy atom. The van der Waals surface area contributed by atoms with E-state index in [4.69, 9.17) is 4.74 Å². The minimum atomic E-state index is -0.278. The Bertz CT molecular complexity index is 213. The average molecular weight is 235 g/mol. The van der Waals surface area contributed by atoms with E-state index >= 15 is 0 Å². The Morgan fingerprint density at radius 2 is 2.20 bits per heavy atom. The molecule has 1 atom stereocenters. The zero-order valence-electron chi connectivity index (χ0n) is 8.99. The fourth-order valence-corrected chi connectivity index (χ4v) is 2.05. The lowest BCUT2D eigenvalue weighted by molar-refractivity contribution is -0.135. The molecule has 0 spiro atoms. The van der Waals surface area contributed by atoms with Crippen molar-refractivity contribution < 1.29 is 9.53 Å². The predicted molar refractivity (Wildman–Crippen MR) is 60.2 cm³/mol. The third-order valence-corrected chi connectivity index (χ3v) is 2.94. The molecule has 0 unspecified atom stereocenters. The van der Waals surface area contributed by atoms with Crippen molar-refractivity contribution in [1.29, 1.82) is 0 Å². The van der Waals surface area contributed by atoms with Gasteiger partial charge < -0.3 is 15.4 Å². The summed E-state index contributed by atoms with van der Waals surface area (Å²) in [6.07, 6.45) is 1.96. The number of hydrogen-bond donors (Lipinski definition) is 2. The van der Waals surface area contributed by atoms with E-state index in [2.05, 4.69) is 17.6 Å². The van der Waals surface area contributed by atoms with E-state index in [1.165, 1.54) is 0 Å². The molecule has 2 N–H and O–H groups in total. The van der Waals surface area contributed by atoms with Crippen molar-refractivity contribution in [2.24, 2.45) is 5.92 Å². The minimum Gasteiger partial charge on any atom is -0.366 e. The fraction of sp³-hybridized carbons (Fsp3) is 0.900. The number of carbonyl (C=O) groups excluding carboxylic acids is 1. The Balaban J connectivity index is 0.00000112. The lowest BCUT2D eigenvalue weighted by Crippen LogP contribution is -2.52. The Labute approximate surface area is 96.5 Å². The summed E-state index contributed by atoms with van der Waals surface area (Å²) in [6, 6.07) is 0.392. The van der Waals surface area contributed by atoms with Crippen molar-refractivity contribution in [3.05, 3.63) is 0 Å². The highest BCUT2D eigenvalue weighted by atomic mass is 35.5. The molecule has 2 fully saturated rings. The van der Waals surface area contributed by atoms with Crippen LogP contribution in [0.15, 0.2) is 0 Å². The molecule has 0 bridgehead atoms. The highest BCUT2D eigenvalue weighted by molar-refractivity contribution is 5.85. The van der Waals surface area contributed by atoms with Gasteiger partial charge in [-0.3, -0.25) is 4.79 Å². The summed E-state index contributed by atoms with van der Waals surface area (Å²) in [5, 5.41) is 6.16. The lowest BCUT2D eigenvalue weighted by Gasteiger charge is -2.34. The number of ether oxygens (including phenoxy) is 1. The monoisotopic (exact) mass is 234 g/mol. The van der Waals surface area contributed by atoms with Crippen LogP contribution in [0.2, 0.25) is 0 Å². The quantitative estimate of drug-likeness (QED) is 0.723. The minimum absolute atomic E-state index is 0. The molecule has 1 aliphatic carbocycles. The molecule has 1 amide bonds. The van der Waals surface area contributed by atoms with Gasteiger partial charge in [0, 0.05) is 19.1 Å². The molecule has 0 aromatic rings. The maximum atomic E-state index is 11.6. The van der Waals surface area contributed by atoms with Gasteiger partial charge in [-0.1, -0.05) is 6.92 Å². The van der Waals surface area contributed by atoms with Crippen LogP contribution in [0.25, 0.3) is 0 Å². The van der Waals surface area contributed by atoms with E-state index in [0.717, 1.165) is 25.3 Å².